The Morgan fingerprint density at radius 1 is 1.12 bits per heavy atom. The van der Waals surface area contributed by atoms with E-state index in [0.29, 0.717) is 16.9 Å². The molecule has 1 N–H and O–H groups in total. The average molecular weight is 495 g/mol. The Labute approximate surface area is 194 Å². The molecule has 0 aliphatic heterocycles. The van der Waals surface area contributed by atoms with Gasteiger partial charge in [-0.3, -0.25) is 4.79 Å². The monoisotopic (exact) mass is 494 g/mol. The standard InChI is InChI=1S/C25H20BrFN2O3/c1-31-23-8-5-17(6-9-23)15-29-25(30)20(14-28)12-19-13-21(26)7-10-24(19)32-16-18-3-2-4-22(27)11-18/h2-13H,15-16H2,1H3,(H,29,30)/b20-12-. The molecule has 32 heavy (non-hydrogen) atoms. The van der Waals surface area contributed by atoms with Crippen molar-refractivity contribution < 1.29 is 18.7 Å². The predicted molar refractivity (Wildman–Crippen MR) is 123 cm³/mol. The van der Waals surface area contributed by atoms with Crippen molar-refractivity contribution in [3.63, 3.8) is 0 Å². The van der Waals surface area contributed by atoms with Crippen LogP contribution in [0.2, 0.25) is 0 Å². The highest BCUT2D eigenvalue weighted by molar-refractivity contribution is 9.10. The van der Waals surface area contributed by atoms with E-state index in [4.69, 9.17) is 9.47 Å². The minimum absolute atomic E-state index is 0.0628. The van der Waals surface area contributed by atoms with E-state index >= 15 is 0 Å². The molecule has 0 radical (unpaired) electrons. The van der Waals surface area contributed by atoms with E-state index in [2.05, 4.69) is 21.2 Å². The van der Waals surface area contributed by atoms with Crippen LogP contribution < -0.4 is 14.8 Å². The minimum atomic E-state index is -0.501. The molecule has 0 aromatic heterocycles. The van der Waals surface area contributed by atoms with Crippen LogP contribution in [0.25, 0.3) is 6.08 Å². The Hall–Kier alpha value is -3.63. The first-order valence-electron chi connectivity index (χ1n) is 9.68. The van der Waals surface area contributed by atoms with E-state index < -0.39 is 5.91 Å². The number of hydrogen-bond acceptors (Lipinski definition) is 4. The lowest BCUT2D eigenvalue weighted by atomic mass is 10.1. The highest BCUT2D eigenvalue weighted by atomic mass is 79.9. The van der Waals surface area contributed by atoms with E-state index in [-0.39, 0.29) is 24.5 Å². The van der Waals surface area contributed by atoms with Crippen molar-refractivity contribution in [2.45, 2.75) is 13.2 Å². The molecule has 0 aliphatic carbocycles. The third-order valence-electron chi connectivity index (χ3n) is 4.53. The van der Waals surface area contributed by atoms with Crippen molar-refractivity contribution in [3.8, 4) is 17.6 Å². The van der Waals surface area contributed by atoms with Gasteiger partial charge in [0.1, 0.15) is 35.6 Å². The molecule has 7 heteroatoms. The summed E-state index contributed by atoms with van der Waals surface area (Å²) in [5, 5.41) is 12.3. The van der Waals surface area contributed by atoms with Gasteiger partial charge in [0.15, 0.2) is 0 Å². The third-order valence-corrected chi connectivity index (χ3v) is 5.03. The van der Waals surface area contributed by atoms with Crippen LogP contribution in [-0.4, -0.2) is 13.0 Å². The number of nitrogens with one attached hydrogen (secondary N) is 1. The summed E-state index contributed by atoms with van der Waals surface area (Å²) in [6.45, 7) is 0.412. The first-order valence-corrected chi connectivity index (χ1v) is 10.5. The number of ether oxygens (including phenoxy) is 2. The Balaban J connectivity index is 1.74. The second kappa shape index (κ2) is 11.1. The van der Waals surface area contributed by atoms with Gasteiger partial charge in [-0.1, -0.05) is 40.2 Å². The number of carbonyl (C=O) groups excluding carboxylic acids is 1. The molecule has 0 spiro atoms. The number of nitrogens with zero attached hydrogens (tertiary/aromatic N) is 1. The van der Waals surface area contributed by atoms with Crippen LogP contribution in [0.4, 0.5) is 4.39 Å². The highest BCUT2D eigenvalue weighted by Crippen LogP contribution is 2.26. The molecule has 3 aromatic rings. The molecule has 162 valence electrons. The normalized spacial score (nSPS) is 10.9. The maximum Gasteiger partial charge on any atom is 0.262 e. The van der Waals surface area contributed by atoms with E-state index in [1.807, 2.05) is 18.2 Å². The Morgan fingerprint density at radius 2 is 1.91 bits per heavy atom. The number of amides is 1. The summed E-state index contributed by atoms with van der Waals surface area (Å²) in [6, 6.07) is 20.6. The predicted octanol–water partition coefficient (Wildman–Crippen LogP) is 5.40. The highest BCUT2D eigenvalue weighted by Gasteiger charge is 2.12. The third kappa shape index (κ3) is 6.43. The van der Waals surface area contributed by atoms with E-state index in [0.717, 1.165) is 15.8 Å². The van der Waals surface area contributed by atoms with Crippen molar-refractivity contribution in [3.05, 3.63) is 99.3 Å². The molecule has 3 rings (SSSR count). The Morgan fingerprint density at radius 3 is 2.59 bits per heavy atom. The van der Waals surface area contributed by atoms with Gasteiger partial charge in [0.25, 0.3) is 5.91 Å². The fourth-order valence-corrected chi connectivity index (χ4v) is 3.26. The summed E-state index contributed by atoms with van der Waals surface area (Å²) in [4.78, 5) is 12.6. The molecule has 1 amide bonds. The van der Waals surface area contributed by atoms with Crippen molar-refractivity contribution in [1.82, 2.24) is 5.32 Å². The molecule has 0 saturated carbocycles. The van der Waals surface area contributed by atoms with E-state index in [9.17, 15) is 14.4 Å². The molecule has 5 nitrogen and oxygen atoms in total. The first-order chi connectivity index (χ1) is 15.5. The zero-order valence-corrected chi connectivity index (χ0v) is 18.9. The average Bonchev–Trinajstić information content (AvgIpc) is 2.80. The molecule has 0 bridgehead atoms. The lowest BCUT2D eigenvalue weighted by Crippen LogP contribution is -2.23. The van der Waals surface area contributed by atoms with Gasteiger partial charge in [0, 0.05) is 16.6 Å². The van der Waals surface area contributed by atoms with Gasteiger partial charge in [-0.25, -0.2) is 4.39 Å². The Bertz CT molecular complexity index is 1170. The van der Waals surface area contributed by atoms with Crippen molar-refractivity contribution in [1.29, 1.82) is 5.26 Å². The van der Waals surface area contributed by atoms with Gasteiger partial charge in [0.05, 0.1) is 7.11 Å². The smallest absolute Gasteiger partial charge is 0.262 e. The van der Waals surface area contributed by atoms with Crippen LogP contribution in [-0.2, 0) is 17.9 Å². The van der Waals surface area contributed by atoms with Crippen LogP contribution in [0.15, 0.2) is 76.8 Å². The number of carbonyl (C=O) groups is 1. The summed E-state index contributed by atoms with van der Waals surface area (Å²) in [6.07, 6.45) is 1.47. The summed E-state index contributed by atoms with van der Waals surface area (Å²) in [5.41, 5.74) is 2.03. The second-order valence-electron chi connectivity index (χ2n) is 6.80. The molecular weight excluding hydrogens is 475 g/mol. The van der Waals surface area contributed by atoms with Crippen LogP contribution in [0.5, 0.6) is 11.5 Å². The van der Waals surface area contributed by atoms with Crippen LogP contribution in [0.3, 0.4) is 0 Å². The summed E-state index contributed by atoms with van der Waals surface area (Å²) < 4.78 is 25.1. The topological polar surface area (TPSA) is 71.3 Å². The maximum absolute atomic E-state index is 13.4. The largest absolute Gasteiger partial charge is 0.497 e. The Kier molecular flexibility index (Phi) is 8.01. The summed E-state index contributed by atoms with van der Waals surface area (Å²) in [7, 11) is 1.58. The van der Waals surface area contributed by atoms with Gasteiger partial charge in [-0.15, -0.1) is 0 Å². The zero-order chi connectivity index (χ0) is 22.9. The lowest BCUT2D eigenvalue weighted by molar-refractivity contribution is -0.117. The van der Waals surface area contributed by atoms with Gasteiger partial charge in [-0.05, 0) is 59.7 Å². The van der Waals surface area contributed by atoms with Crippen molar-refractivity contribution >= 4 is 27.9 Å². The molecule has 0 atom stereocenters. The number of methoxy groups -OCH3 is 1. The minimum Gasteiger partial charge on any atom is -0.497 e. The molecule has 0 fully saturated rings. The lowest BCUT2D eigenvalue weighted by Gasteiger charge is -2.11. The number of rotatable bonds is 8. The van der Waals surface area contributed by atoms with Crippen LogP contribution >= 0.6 is 15.9 Å². The first kappa shape index (κ1) is 23.0. The quantitative estimate of drug-likeness (QED) is 0.336. The number of halogens is 2. The fraction of sp³-hybridized carbons (Fsp3) is 0.120. The summed E-state index contributed by atoms with van der Waals surface area (Å²) in [5.74, 6) is 0.341. The van der Waals surface area contributed by atoms with Gasteiger partial charge >= 0.3 is 0 Å². The fourth-order valence-electron chi connectivity index (χ4n) is 2.88. The van der Waals surface area contributed by atoms with E-state index in [1.54, 1.807) is 49.6 Å². The molecule has 0 saturated heterocycles. The number of hydrogen-bond donors (Lipinski definition) is 1. The zero-order valence-electron chi connectivity index (χ0n) is 17.3. The van der Waals surface area contributed by atoms with Crippen LogP contribution in [0.1, 0.15) is 16.7 Å². The van der Waals surface area contributed by atoms with Gasteiger partial charge < -0.3 is 14.8 Å². The molecule has 3 aromatic carbocycles. The second-order valence-corrected chi connectivity index (χ2v) is 7.72. The van der Waals surface area contributed by atoms with E-state index in [1.165, 1.54) is 18.2 Å². The molecule has 0 heterocycles. The molecular formula is C25H20BrFN2O3. The molecule has 0 unspecified atom stereocenters. The SMILES string of the molecule is COc1ccc(CNC(=O)/C(C#N)=C\c2cc(Br)ccc2OCc2cccc(F)c2)cc1. The van der Waals surface area contributed by atoms with Gasteiger partial charge in [-0.2, -0.15) is 5.26 Å². The molecule has 0 aliphatic rings. The number of nitriles is 1. The number of benzene rings is 3. The van der Waals surface area contributed by atoms with Crippen molar-refractivity contribution in [2.75, 3.05) is 7.11 Å². The van der Waals surface area contributed by atoms with Crippen molar-refractivity contribution in [2.24, 2.45) is 0 Å². The van der Waals surface area contributed by atoms with Crippen LogP contribution in [0, 0.1) is 17.1 Å². The maximum atomic E-state index is 13.4. The summed E-state index contributed by atoms with van der Waals surface area (Å²) >= 11 is 3.40. The van der Waals surface area contributed by atoms with Gasteiger partial charge in [0.2, 0.25) is 0 Å².